The maximum atomic E-state index is 11.4. The average molecular weight is 292 g/mol. The number of hydrogen-bond acceptors (Lipinski definition) is 4. The average Bonchev–Trinajstić information content (AvgIpc) is 2.84. The quantitative estimate of drug-likeness (QED) is 0.804. The van der Waals surface area contributed by atoms with E-state index in [-0.39, 0.29) is 11.5 Å². The molecule has 20 heavy (non-hydrogen) atoms. The van der Waals surface area contributed by atoms with Crippen LogP contribution in [-0.4, -0.2) is 35.6 Å². The van der Waals surface area contributed by atoms with Crippen LogP contribution in [0.15, 0.2) is 24.4 Å². The van der Waals surface area contributed by atoms with Gasteiger partial charge in [0.15, 0.2) is 6.29 Å². The number of carbonyl (C=O) groups excluding carboxylic acids is 1. The van der Waals surface area contributed by atoms with Crippen LogP contribution in [0.25, 0.3) is 5.52 Å². The minimum atomic E-state index is -2.83. The van der Waals surface area contributed by atoms with Crippen LogP contribution in [0.1, 0.15) is 29.2 Å². The number of hydrogen-bond donors (Lipinski definition) is 0. The van der Waals surface area contributed by atoms with Crippen LogP contribution < -0.4 is 0 Å². The maximum absolute atomic E-state index is 11.4. The van der Waals surface area contributed by atoms with Crippen molar-refractivity contribution in [1.82, 2.24) is 9.38 Å². The van der Waals surface area contributed by atoms with E-state index in [2.05, 4.69) is 4.98 Å². The number of aromatic nitrogens is 2. The second-order valence-corrected chi connectivity index (χ2v) is 7.61. The number of pyridine rings is 1. The Kier molecular flexibility index (Phi) is 3.33. The predicted molar refractivity (Wildman–Crippen MR) is 75.7 cm³/mol. The zero-order valence-corrected chi connectivity index (χ0v) is 11.8. The van der Waals surface area contributed by atoms with E-state index in [1.54, 1.807) is 12.3 Å². The first-order chi connectivity index (χ1) is 9.59. The smallest absolute Gasteiger partial charge is 0.166 e. The molecular weight excluding hydrogens is 276 g/mol. The van der Waals surface area contributed by atoms with Gasteiger partial charge in [0.25, 0.3) is 0 Å². The van der Waals surface area contributed by atoms with Crippen molar-refractivity contribution < 1.29 is 13.2 Å². The highest BCUT2D eigenvalue weighted by molar-refractivity contribution is 7.91. The lowest BCUT2D eigenvalue weighted by Gasteiger charge is -2.21. The molecule has 0 unspecified atom stereocenters. The Hall–Kier alpha value is -1.69. The number of sulfone groups is 1. The molecule has 0 amide bonds. The van der Waals surface area contributed by atoms with Gasteiger partial charge in [-0.1, -0.05) is 6.07 Å². The number of aldehydes is 1. The summed E-state index contributed by atoms with van der Waals surface area (Å²) in [5.41, 5.74) is 1.48. The second-order valence-electron chi connectivity index (χ2n) is 5.30. The Morgan fingerprint density at radius 2 is 2.05 bits per heavy atom. The van der Waals surface area contributed by atoms with Crippen molar-refractivity contribution in [2.45, 2.75) is 19.3 Å². The first-order valence-electron chi connectivity index (χ1n) is 6.70. The SMILES string of the molecule is O=Cc1cccc2cnc(CC3CCS(=O)(=O)CC3)n12. The molecule has 1 aliphatic heterocycles. The number of nitrogens with zero attached hydrogens (tertiary/aromatic N) is 2. The Balaban J connectivity index is 1.87. The summed E-state index contributed by atoms with van der Waals surface area (Å²) in [6.07, 6.45) is 4.65. The van der Waals surface area contributed by atoms with E-state index in [1.165, 1.54) is 0 Å². The van der Waals surface area contributed by atoms with E-state index in [0.717, 1.165) is 17.6 Å². The number of fused-ring (bicyclic) bond motifs is 1. The largest absolute Gasteiger partial charge is 0.296 e. The van der Waals surface area contributed by atoms with Crippen LogP contribution in [-0.2, 0) is 16.3 Å². The fourth-order valence-corrected chi connectivity index (χ4v) is 4.37. The summed E-state index contributed by atoms with van der Waals surface area (Å²) >= 11 is 0. The number of imidazole rings is 1. The topological polar surface area (TPSA) is 68.5 Å². The molecule has 2 aromatic rings. The van der Waals surface area contributed by atoms with Crippen LogP contribution >= 0.6 is 0 Å². The third-order valence-corrected chi connectivity index (χ3v) is 5.64. The first-order valence-corrected chi connectivity index (χ1v) is 8.52. The molecule has 106 valence electrons. The lowest BCUT2D eigenvalue weighted by atomic mass is 9.98. The normalized spacial score (nSPS) is 19.2. The van der Waals surface area contributed by atoms with Gasteiger partial charge in [-0.2, -0.15) is 0 Å². The summed E-state index contributed by atoms with van der Waals surface area (Å²) in [4.78, 5) is 15.5. The van der Waals surface area contributed by atoms with Gasteiger partial charge in [0.05, 0.1) is 28.9 Å². The summed E-state index contributed by atoms with van der Waals surface area (Å²) in [6, 6.07) is 5.50. The minimum absolute atomic E-state index is 0.265. The Morgan fingerprint density at radius 3 is 2.75 bits per heavy atom. The van der Waals surface area contributed by atoms with Crippen LogP contribution in [0.2, 0.25) is 0 Å². The van der Waals surface area contributed by atoms with Crippen molar-refractivity contribution in [1.29, 1.82) is 0 Å². The summed E-state index contributed by atoms with van der Waals surface area (Å²) in [5, 5.41) is 0. The fourth-order valence-electron chi connectivity index (χ4n) is 2.78. The molecule has 0 bridgehead atoms. The lowest BCUT2D eigenvalue weighted by molar-refractivity contribution is 0.111. The maximum Gasteiger partial charge on any atom is 0.166 e. The third kappa shape index (κ3) is 2.47. The molecule has 0 N–H and O–H groups in total. The van der Waals surface area contributed by atoms with Gasteiger partial charge >= 0.3 is 0 Å². The van der Waals surface area contributed by atoms with E-state index in [0.29, 0.717) is 30.9 Å². The van der Waals surface area contributed by atoms with Crippen LogP contribution in [0.3, 0.4) is 0 Å². The summed E-state index contributed by atoms with van der Waals surface area (Å²) in [7, 11) is -2.83. The van der Waals surface area contributed by atoms with Crippen molar-refractivity contribution in [2.75, 3.05) is 11.5 Å². The minimum Gasteiger partial charge on any atom is -0.296 e. The highest BCUT2D eigenvalue weighted by Crippen LogP contribution is 2.23. The van der Waals surface area contributed by atoms with E-state index >= 15 is 0 Å². The second kappa shape index (κ2) is 5.01. The van der Waals surface area contributed by atoms with Crippen LogP contribution in [0, 0.1) is 5.92 Å². The number of rotatable bonds is 3. The van der Waals surface area contributed by atoms with Crippen molar-refractivity contribution >= 4 is 21.6 Å². The molecule has 1 saturated heterocycles. The molecule has 0 radical (unpaired) electrons. The molecule has 0 aliphatic carbocycles. The van der Waals surface area contributed by atoms with E-state index in [1.807, 2.05) is 16.5 Å². The van der Waals surface area contributed by atoms with Gasteiger partial charge in [-0.15, -0.1) is 0 Å². The molecule has 5 nitrogen and oxygen atoms in total. The summed E-state index contributed by atoms with van der Waals surface area (Å²) < 4.78 is 24.7. The predicted octanol–water partition coefficient (Wildman–Crippen LogP) is 1.51. The van der Waals surface area contributed by atoms with Crippen LogP contribution in [0.4, 0.5) is 0 Å². The molecule has 0 spiro atoms. The summed E-state index contributed by atoms with van der Waals surface area (Å²) in [5.74, 6) is 1.69. The monoisotopic (exact) mass is 292 g/mol. The Morgan fingerprint density at radius 1 is 1.30 bits per heavy atom. The van der Waals surface area contributed by atoms with Gasteiger partial charge in [0.1, 0.15) is 15.7 Å². The Bertz CT molecular complexity index is 735. The van der Waals surface area contributed by atoms with Crippen molar-refractivity contribution in [3.8, 4) is 0 Å². The highest BCUT2D eigenvalue weighted by atomic mass is 32.2. The Labute approximate surface area is 117 Å². The molecule has 0 saturated carbocycles. The summed E-state index contributed by atoms with van der Waals surface area (Å²) in [6.45, 7) is 0. The van der Waals surface area contributed by atoms with E-state index in [4.69, 9.17) is 0 Å². The molecular formula is C14H16N2O3S. The van der Waals surface area contributed by atoms with E-state index in [9.17, 15) is 13.2 Å². The standard InChI is InChI=1S/C14H16N2O3S/c17-10-13-3-1-2-12-9-15-14(16(12)13)8-11-4-6-20(18,19)7-5-11/h1-3,9-11H,4-8H2. The molecule has 0 atom stereocenters. The molecule has 0 aromatic carbocycles. The van der Waals surface area contributed by atoms with Gasteiger partial charge in [0.2, 0.25) is 0 Å². The third-order valence-electron chi connectivity index (χ3n) is 3.92. The zero-order chi connectivity index (χ0) is 14.2. The number of carbonyl (C=O) groups is 1. The molecule has 1 fully saturated rings. The molecule has 6 heteroatoms. The van der Waals surface area contributed by atoms with Crippen LogP contribution in [0.5, 0.6) is 0 Å². The molecule has 3 heterocycles. The van der Waals surface area contributed by atoms with E-state index < -0.39 is 9.84 Å². The van der Waals surface area contributed by atoms with Gasteiger partial charge in [-0.3, -0.25) is 9.20 Å². The van der Waals surface area contributed by atoms with Crippen molar-refractivity contribution in [3.63, 3.8) is 0 Å². The highest BCUT2D eigenvalue weighted by Gasteiger charge is 2.25. The molecule has 1 aliphatic rings. The van der Waals surface area contributed by atoms with Gasteiger partial charge in [-0.05, 0) is 30.9 Å². The van der Waals surface area contributed by atoms with Gasteiger partial charge in [-0.25, -0.2) is 13.4 Å². The van der Waals surface area contributed by atoms with Gasteiger partial charge < -0.3 is 0 Å². The molecule has 2 aromatic heterocycles. The van der Waals surface area contributed by atoms with Crippen molar-refractivity contribution in [2.24, 2.45) is 5.92 Å². The van der Waals surface area contributed by atoms with Gasteiger partial charge in [0, 0.05) is 6.42 Å². The lowest BCUT2D eigenvalue weighted by Crippen LogP contribution is -2.25. The fraction of sp³-hybridized carbons (Fsp3) is 0.429. The first kappa shape index (κ1) is 13.3. The molecule has 3 rings (SSSR count). The van der Waals surface area contributed by atoms with Crippen molar-refractivity contribution in [3.05, 3.63) is 35.9 Å². The zero-order valence-electron chi connectivity index (χ0n) is 11.0.